The van der Waals surface area contributed by atoms with E-state index in [0.29, 0.717) is 18.4 Å². The third-order valence-electron chi connectivity index (χ3n) is 5.29. The van der Waals surface area contributed by atoms with E-state index in [4.69, 9.17) is 0 Å². The number of nitrogens with one attached hydrogen (secondary N) is 1. The average molecular weight is 381 g/mol. The highest BCUT2D eigenvalue weighted by Crippen LogP contribution is 2.19. The van der Waals surface area contributed by atoms with Crippen molar-refractivity contribution in [3.05, 3.63) is 58.9 Å². The lowest BCUT2D eigenvalue weighted by atomic mass is 10.1. The van der Waals surface area contributed by atoms with E-state index in [2.05, 4.69) is 16.8 Å². The zero-order valence-corrected chi connectivity index (χ0v) is 16.7. The maximum absolute atomic E-state index is 12.8. The minimum atomic E-state index is -0.576. The van der Waals surface area contributed by atoms with Crippen LogP contribution >= 0.6 is 0 Å². The van der Waals surface area contributed by atoms with Crippen LogP contribution in [0.15, 0.2) is 36.4 Å². The van der Waals surface area contributed by atoms with Gasteiger partial charge in [0.05, 0.1) is 6.54 Å². The highest BCUT2D eigenvalue weighted by Gasteiger charge is 2.38. The fourth-order valence-electron chi connectivity index (χ4n) is 3.76. The number of aromatic nitrogens is 1. The van der Waals surface area contributed by atoms with Gasteiger partial charge in [0.15, 0.2) is 5.78 Å². The number of carbonyl (C=O) groups is 3. The van der Waals surface area contributed by atoms with Crippen LogP contribution in [0.4, 0.5) is 4.79 Å². The van der Waals surface area contributed by atoms with Gasteiger partial charge in [0, 0.05) is 23.5 Å². The quantitative estimate of drug-likeness (QED) is 0.564. The van der Waals surface area contributed by atoms with E-state index in [-0.39, 0.29) is 18.2 Å². The summed E-state index contributed by atoms with van der Waals surface area (Å²) in [5.74, 6) is -0.528. The summed E-state index contributed by atoms with van der Waals surface area (Å²) in [5, 5.41) is 2.71. The van der Waals surface area contributed by atoms with Crippen molar-refractivity contribution in [2.75, 3.05) is 6.54 Å². The highest BCUT2D eigenvalue weighted by atomic mass is 16.2. The van der Waals surface area contributed by atoms with Gasteiger partial charge >= 0.3 is 6.03 Å². The molecule has 0 saturated carbocycles. The minimum absolute atomic E-state index is 0.206. The van der Waals surface area contributed by atoms with E-state index in [0.717, 1.165) is 34.8 Å². The molecule has 0 radical (unpaired) electrons. The predicted molar refractivity (Wildman–Crippen MR) is 107 cm³/mol. The van der Waals surface area contributed by atoms with Crippen molar-refractivity contribution in [2.24, 2.45) is 0 Å². The Balaban J connectivity index is 1.65. The average Bonchev–Trinajstić information content (AvgIpc) is 3.12. The van der Waals surface area contributed by atoms with Gasteiger partial charge in [-0.1, -0.05) is 37.3 Å². The Kier molecular flexibility index (Phi) is 5.97. The molecule has 1 aliphatic heterocycles. The molecule has 3 rings (SSSR count). The zero-order valence-electron chi connectivity index (χ0n) is 16.7. The second kappa shape index (κ2) is 8.42. The number of imide groups is 1. The van der Waals surface area contributed by atoms with Gasteiger partial charge in [-0.05, 0) is 44.7 Å². The van der Waals surface area contributed by atoms with Gasteiger partial charge in [-0.15, -0.1) is 0 Å². The van der Waals surface area contributed by atoms with Crippen molar-refractivity contribution < 1.29 is 14.4 Å². The Hall–Kier alpha value is -2.89. The largest absolute Gasteiger partial charge is 0.348 e. The topological polar surface area (TPSA) is 71.4 Å². The Labute approximate surface area is 165 Å². The van der Waals surface area contributed by atoms with E-state index in [9.17, 15) is 14.4 Å². The lowest BCUT2D eigenvalue weighted by Crippen LogP contribution is -2.36. The van der Waals surface area contributed by atoms with Crippen LogP contribution in [0.25, 0.3) is 0 Å². The number of amides is 3. The number of hydrogen-bond acceptors (Lipinski definition) is 3. The summed E-state index contributed by atoms with van der Waals surface area (Å²) in [7, 11) is 0. The maximum atomic E-state index is 12.8. The van der Waals surface area contributed by atoms with Crippen molar-refractivity contribution in [1.82, 2.24) is 14.8 Å². The molecule has 1 fully saturated rings. The van der Waals surface area contributed by atoms with Gasteiger partial charge in [-0.25, -0.2) is 4.79 Å². The number of aryl methyl sites for hydroxylation is 2. The van der Waals surface area contributed by atoms with E-state index in [1.165, 1.54) is 0 Å². The predicted octanol–water partition coefficient (Wildman–Crippen LogP) is 3.25. The molecule has 6 nitrogen and oxygen atoms in total. The Morgan fingerprint density at radius 1 is 1.14 bits per heavy atom. The van der Waals surface area contributed by atoms with Crippen molar-refractivity contribution >= 4 is 17.7 Å². The molecule has 0 bridgehead atoms. The number of rotatable bonds is 8. The lowest BCUT2D eigenvalue weighted by Gasteiger charge is -2.13. The van der Waals surface area contributed by atoms with E-state index >= 15 is 0 Å². The summed E-state index contributed by atoms with van der Waals surface area (Å²) in [5.41, 5.74) is 3.60. The molecule has 1 aromatic heterocycles. The Bertz CT molecular complexity index is 886. The van der Waals surface area contributed by atoms with Crippen molar-refractivity contribution in [2.45, 2.75) is 52.6 Å². The summed E-state index contributed by atoms with van der Waals surface area (Å²) >= 11 is 0. The molecule has 3 amide bonds. The van der Waals surface area contributed by atoms with Crippen LogP contribution in [0.1, 0.15) is 47.1 Å². The van der Waals surface area contributed by atoms with Crippen LogP contribution < -0.4 is 5.32 Å². The van der Waals surface area contributed by atoms with Crippen molar-refractivity contribution in [3.8, 4) is 0 Å². The molecule has 1 aromatic carbocycles. The van der Waals surface area contributed by atoms with Crippen LogP contribution in [0, 0.1) is 13.8 Å². The molecule has 0 unspecified atom stereocenters. The van der Waals surface area contributed by atoms with Gasteiger partial charge < -0.3 is 9.88 Å². The number of ketones is 1. The molecule has 6 heteroatoms. The van der Waals surface area contributed by atoms with E-state index < -0.39 is 12.1 Å². The number of benzene rings is 1. The van der Waals surface area contributed by atoms with Crippen LogP contribution in [0.5, 0.6) is 0 Å². The maximum Gasteiger partial charge on any atom is 0.325 e. The van der Waals surface area contributed by atoms with E-state index in [1.807, 2.05) is 50.2 Å². The van der Waals surface area contributed by atoms with Crippen LogP contribution in [-0.4, -0.2) is 39.8 Å². The first kappa shape index (κ1) is 19.9. The molecule has 1 saturated heterocycles. The van der Waals surface area contributed by atoms with Crippen molar-refractivity contribution in [3.63, 3.8) is 0 Å². The zero-order chi connectivity index (χ0) is 20.3. The molecular formula is C22H27N3O3. The molecule has 148 valence electrons. The summed E-state index contributed by atoms with van der Waals surface area (Å²) < 4.78 is 2.10. The van der Waals surface area contributed by atoms with Gasteiger partial charge in [0.2, 0.25) is 0 Å². The molecular weight excluding hydrogens is 354 g/mol. The van der Waals surface area contributed by atoms with Crippen LogP contribution in [0.2, 0.25) is 0 Å². The monoisotopic (exact) mass is 381 g/mol. The fraction of sp³-hybridized carbons (Fsp3) is 0.409. The molecule has 1 N–H and O–H groups in total. The van der Waals surface area contributed by atoms with Gasteiger partial charge in [-0.3, -0.25) is 14.5 Å². The van der Waals surface area contributed by atoms with Crippen LogP contribution in [0.3, 0.4) is 0 Å². The highest BCUT2D eigenvalue weighted by molar-refractivity contribution is 6.09. The first-order valence-electron chi connectivity index (χ1n) is 9.78. The number of nitrogens with zero attached hydrogens (tertiary/aromatic N) is 2. The van der Waals surface area contributed by atoms with Gasteiger partial charge in [0.1, 0.15) is 6.04 Å². The second-order valence-corrected chi connectivity index (χ2v) is 7.31. The lowest BCUT2D eigenvalue weighted by molar-refractivity contribution is -0.127. The summed E-state index contributed by atoms with van der Waals surface area (Å²) in [6.45, 7) is 6.58. The molecule has 2 heterocycles. The van der Waals surface area contributed by atoms with E-state index in [1.54, 1.807) is 0 Å². The summed E-state index contributed by atoms with van der Waals surface area (Å²) in [6, 6.07) is 10.6. The molecule has 2 aromatic rings. The Morgan fingerprint density at radius 3 is 2.54 bits per heavy atom. The van der Waals surface area contributed by atoms with Crippen molar-refractivity contribution in [1.29, 1.82) is 0 Å². The van der Waals surface area contributed by atoms with Gasteiger partial charge in [-0.2, -0.15) is 0 Å². The normalized spacial score (nSPS) is 16.5. The second-order valence-electron chi connectivity index (χ2n) is 7.31. The third-order valence-corrected chi connectivity index (χ3v) is 5.29. The molecule has 0 spiro atoms. The third kappa shape index (κ3) is 4.01. The van der Waals surface area contributed by atoms with Gasteiger partial charge in [0.25, 0.3) is 5.91 Å². The first-order chi connectivity index (χ1) is 13.4. The number of carbonyl (C=O) groups excluding carboxylic acids is 3. The fourth-order valence-corrected chi connectivity index (χ4v) is 3.76. The summed E-state index contributed by atoms with van der Waals surface area (Å²) in [4.78, 5) is 38.7. The minimum Gasteiger partial charge on any atom is -0.348 e. The van der Waals surface area contributed by atoms with Crippen LogP contribution in [-0.2, 0) is 17.8 Å². The first-order valence-corrected chi connectivity index (χ1v) is 9.78. The standard InChI is InChI=1S/C22H27N3O3/c1-4-12-24-15(2)13-18(16(24)3)20(26)14-25-21(27)19(23-22(25)28)11-10-17-8-6-5-7-9-17/h5-9,13,19H,4,10-12,14H2,1-3H3,(H,23,28)/t19-/m0/s1. The molecule has 1 atom stereocenters. The smallest absolute Gasteiger partial charge is 0.325 e. The Morgan fingerprint density at radius 2 is 1.86 bits per heavy atom. The number of urea groups is 1. The molecule has 1 aliphatic rings. The molecule has 0 aliphatic carbocycles. The summed E-state index contributed by atoms with van der Waals surface area (Å²) in [6.07, 6.45) is 2.18. The molecule has 28 heavy (non-hydrogen) atoms. The number of Topliss-reactive ketones (excluding diaryl/α,β-unsaturated/α-hetero) is 1. The SMILES string of the molecule is CCCn1c(C)cc(C(=O)CN2C(=O)N[C@@H](CCc3ccccc3)C2=O)c1C. The number of hydrogen-bond donors (Lipinski definition) is 1.